The van der Waals surface area contributed by atoms with E-state index in [0.29, 0.717) is 6.54 Å². The molecule has 1 rings (SSSR count). The van der Waals surface area contributed by atoms with Crippen LogP contribution in [-0.2, 0) is 6.42 Å². The lowest BCUT2D eigenvalue weighted by Gasteiger charge is -2.35. The quantitative estimate of drug-likeness (QED) is 0.907. The van der Waals surface area contributed by atoms with E-state index in [2.05, 4.69) is 27.7 Å². The molecule has 0 saturated carbocycles. The zero-order chi connectivity index (χ0) is 14.6. The molecule has 0 radical (unpaired) electrons. The molecular formula is C16H26N2O. The van der Waals surface area contributed by atoms with E-state index in [1.54, 1.807) is 0 Å². The first-order valence-electron chi connectivity index (χ1n) is 6.83. The van der Waals surface area contributed by atoms with Gasteiger partial charge < -0.3 is 10.6 Å². The van der Waals surface area contributed by atoms with Crippen LogP contribution in [0.1, 0.15) is 43.6 Å². The molecule has 1 unspecified atom stereocenters. The van der Waals surface area contributed by atoms with Gasteiger partial charge in [-0.05, 0) is 43.0 Å². The Kier molecular flexibility index (Phi) is 5.12. The van der Waals surface area contributed by atoms with Crippen LogP contribution in [0.4, 0.5) is 0 Å². The zero-order valence-corrected chi connectivity index (χ0v) is 12.7. The largest absolute Gasteiger partial charge is 0.338 e. The molecule has 0 aliphatic rings. The van der Waals surface area contributed by atoms with Gasteiger partial charge in [0.2, 0.25) is 0 Å². The summed E-state index contributed by atoms with van der Waals surface area (Å²) in [5.41, 5.74) is 7.50. The predicted molar refractivity (Wildman–Crippen MR) is 80.2 cm³/mol. The van der Waals surface area contributed by atoms with Crippen LogP contribution in [0.5, 0.6) is 0 Å². The average Bonchev–Trinajstić information content (AvgIpc) is 2.36. The summed E-state index contributed by atoms with van der Waals surface area (Å²) in [7, 11) is 1.87. The number of hydrogen-bond donors (Lipinski definition) is 1. The molecule has 0 aliphatic carbocycles. The van der Waals surface area contributed by atoms with Gasteiger partial charge in [0, 0.05) is 18.7 Å². The lowest BCUT2D eigenvalue weighted by molar-refractivity contribution is 0.0629. The van der Waals surface area contributed by atoms with Gasteiger partial charge in [0.25, 0.3) is 5.91 Å². The molecule has 2 N–H and O–H groups in total. The molecule has 1 aromatic carbocycles. The Morgan fingerprint density at radius 2 is 1.79 bits per heavy atom. The second-order valence-corrected chi connectivity index (χ2v) is 6.19. The minimum atomic E-state index is 0.0710. The van der Waals surface area contributed by atoms with E-state index in [0.717, 1.165) is 12.0 Å². The summed E-state index contributed by atoms with van der Waals surface area (Å²) in [5.74, 6) is 0.0710. The first-order chi connectivity index (χ1) is 8.77. The first-order valence-corrected chi connectivity index (χ1v) is 6.83. The van der Waals surface area contributed by atoms with E-state index >= 15 is 0 Å². The Balaban J connectivity index is 2.82. The van der Waals surface area contributed by atoms with Gasteiger partial charge in [0.15, 0.2) is 0 Å². The number of nitrogens with zero attached hydrogens (tertiary/aromatic N) is 1. The molecule has 1 amide bonds. The summed E-state index contributed by atoms with van der Waals surface area (Å²) >= 11 is 0. The standard InChI is InChI=1S/C16H26N2O/c1-12(16(2,3)4)18(5)15(19)14-8-6-13(7-9-14)10-11-17/h6-9,12H,10-11,17H2,1-5H3. The second-order valence-electron chi connectivity index (χ2n) is 6.19. The van der Waals surface area contributed by atoms with Crippen molar-refractivity contribution in [1.29, 1.82) is 0 Å². The molecule has 0 heterocycles. The zero-order valence-electron chi connectivity index (χ0n) is 12.7. The molecule has 0 spiro atoms. The normalized spacial score (nSPS) is 13.2. The lowest BCUT2D eigenvalue weighted by Crippen LogP contribution is -2.42. The summed E-state index contributed by atoms with van der Waals surface area (Å²) < 4.78 is 0. The second kappa shape index (κ2) is 6.20. The van der Waals surface area contributed by atoms with Gasteiger partial charge >= 0.3 is 0 Å². The van der Waals surface area contributed by atoms with Crippen LogP contribution in [0.2, 0.25) is 0 Å². The highest BCUT2D eigenvalue weighted by atomic mass is 16.2. The van der Waals surface area contributed by atoms with Crippen LogP contribution in [0, 0.1) is 5.41 Å². The highest BCUT2D eigenvalue weighted by Crippen LogP contribution is 2.24. The molecule has 106 valence electrons. The molecule has 0 bridgehead atoms. The molecule has 3 nitrogen and oxygen atoms in total. The minimum Gasteiger partial charge on any atom is -0.338 e. The molecular weight excluding hydrogens is 236 g/mol. The van der Waals surface area contributed by atoms with Crippen LogP contribution < -0.4 is 5.73 Å². The number of amides is 1. The molecule has 3 heteroatoms. The van der Waals surface area contributed by atoms with Crippen LogP contribution >= 0.6 is 0 Å². The Morgan fingerprint density at radius 3 is 2.21 bits per heavy atom. The van der Waals surface area contributed by atoms with Crippen LogP contribution in [0.15, 0.2) is 24.3 Å². The smallest absolute Gasteiger partial charge is 0.253 e. The fraction of sp³-hybridized carbons (Fsp3) is 0.562. The molecule has 1 aromatic rings. The number of nitrogens with two attached hydrogens (primary N) is 1. The monoisotopic (exact) mass is 262 g/mol. The van der Waals surface area contributed by atoms with Crippen LogP contribution in [-0.4, -0.2) is 30.4 Å². The number of carbonyl (C=O) groups is 1. The third-order valence-electron chi connectivity index (χ3n) is 3.79. The van der Waals surface area contributed by atoms with Gasteiger partial charge in [0.1, 0.15) is 0 Å². The molecule has 19 heavy (non-hydrogen) atoms. The summed E-state index contributed by atoms with van der Waals surface area (Å²) in [6.45, 7) is 9.15. The molecule has 0 fully saturated rings. The topological polar surface area (TPSA) is 46.3 Å². The summed E-state index contributed by atoms with van der Waals surface area (Å²) in [6.07, 6.45) is 0.850. The predicted octanol–water partition coefficient (Wildman–Crippen LogP) is 2.69. The van der Waals surface area contributed by atoms with E-state index in [1.165, 1.54) is 5.56 Å². The summed E-state index contributed by atoms with van der Waals surface area (Å²) in [5, 5.41) is 0. The van der Waals surface area contributed by atoms with Gasteiger partial charge in [-0.25, -0.2) is 0 Å². The van der Waals surface area contributed by atoms with Crippen molar-refractivity contribution in [3.05, 3.63) is 35.4 Å². The van der Waals surface area contributed by atoms with Crippen molar-refractivity contribution in [1.82, 2.24) is 4.90 Å². The van der Waals surface area contributed by atoms with E-state index in [9.17, 15) is 4.79 Å². The van der Waals surface area contributed by atoms with Crippen molar-refractivity contribution >= 4 is 5.91 Å². The van der Waals surface area contributed by atoms with Gasteiger partial charge in [-0.2, -0.15) is 0 Å². The maximum absolute atomic E-state index is 12.4. The average molecular weight is 262 g/mol. The number of benzene rings is 1. The third kappa shape index (κ3) is 4.06. The highest BCUT2D eigenvalue weighted by molar-refractivity contribution is 5.94. The fourth-order valence-electron chi connectivity index (χ4n) is 1.94. The van der Waals surface area contributed by atoms with Crippen LogP contribution in [0.25, 0.3) is 0 Å². The van der Waals surface area contributed by atoms with E-state index < -0.39 is 0 Å². The first kappa shape index (κ1) is 15.7. The Labute approximate surface area is 116 Å². The molecule has 0 aliphatic heterocycles. The van der Waals surface area contributed by atoms with Crippen molar-refractivity contribution in [2.24, 2.45) is 11.1 Å². The summed E-state index contributed by atoms with van der Waals surface area (Å²) in [4.78, 5) is 14.2. The molecule has 0 aromatic heterocycles. The third-order valence-corrected chi connectivity index (χ3v) is 3.79. The van der Waals surface area contributed by atoms with Crippen molar-refractivity contribution in [3.63, 3.8) is 0 Å². The molecule has 0 saturated heterocycles. The molecule has 1 atom stereocenters. The number of hydrogen-bond acceptors (Lipinski definition) is 2. The Morgan fingerprint density at radius 1 is 1.26 bits per heavy atom. The van der Waals surface area contributed by atoms with Crippen LogP contribution in [0.3, 0.4) is 0 Å². The maximum Gasteiger partial charge on any atom is 0.253 e. The minimum absolute atomic E-state index is 0.0710. The van der Waals surface area contributed by atoms with Gasteiger partial charge in [-0.1, -0.05) is 32.9 Å². The Bertz CT molecular complexity index is 417. The maximum atomic E-state index is 12.4. The highest BCUT2D eigenvalue weighted by Gasteiger charge is 2.27. The van der Waals surface area contributed by atoms with E-state index in [-0.39, 0.29) is 17.4 Å². The van der Waals surface area contributed by atoms with E-state index in [1.807, 2.05) is 36.2 Å². The summed E-state index contributed by atoms with van der Waals surface area (Å²) in [6, 6.07) is 7.92. The Hall–Kier alpha value is -1.35. The van der Waals surface area contributed by atoms with Crippen molar-refractivity contribution in [3.8, 4) is 0 Å². The van der Waals surface area contributed by atoms with Crippen molar-refractivity contribution < 1.29 is 4.79 Å². The van der Waals surface area contributed by atoms with E-state index in [4.69, 9.17) is 5.73 Å². The van der Waals surface area contributed by atoms with Crippen molar-refractivity contribution in [2.45, 2.75) is 40.2 Å². The number of carbonyl (C=O) groups excluding carboxylic acids is 1. The van der Waals surface area contributed by atoms with Gasteiger partial charge in [0.05, 0.1) is 0 Å². The lowest BCUT2D eigenvalue weighted by atomic mass is 9.87. The van der Waals surface area contributed by atoms with Gasteiger partial charge in [-0.3, -0.25) is 4.79 Å². The number of rotatable bonds is 4. The van der Waals surface area contributed by atoms with Crippen molar-refractivity contribution in [2.75, 3.05) is 13.6 Å². The SMILES string of the molecule is CC(N(C)C(=O)c1ccc(CCN)cc1)C(C)(C)C. The van der Waals surface area contributed by atoms with Gasteiger partial charge in [-0.15, -0.1) is 0 Å². The fourth-order valence-corrected chi connectivity index (χ4v) is 1.94.